The first-order chi connectivity index (χ1) is 16.8. The van der Waals surface area contributed by atoms with Crippen LogP contribution in [0.25, 0.3) is 0 Å². The van der Waals surface area contributed by atoms with Gasteiger partial charge in [0.25, 0.3) is 0 Å². The van der Waals surface area contributed by atoms with Crippen molar-refractivity contribution in [3.8, 4) is 0 Å². The van der Waals surface area contributed by atoms with E-state index < -0.39 is 71.4 Å². The third kappa shape index (κ3) is 13.7. The van der Waals surface area contributed by atoms with Gasteiger partial charge in [-0.05, 0) is 19.3 Å². The zero-order valence-electron chi connectivity index (χ0n) is 21.2. The van der Waals surface area contributed by atoms with Gasteiger partial charge in [-0.2, -0.15) is 0 Å². The van der Waals surface area contributed by atoms with Crippen LogP contribution >= 0.6 is 11.8 Å². The average Bonchev–Trinajstić information content (AvgIpc) is 2.80. The van der Waals surface area contributed by atoms with Crippen molar-refractivity contribution in [1.29, 1.82) is 0 Å². The Bertz CT molecular complexity index is 791. The van der Waals surface area contributed by atoms with Crippen molar-refractivity contribution in [2.75, 3.05) is 12.3 Å². The van der Waals surface area contributed by atoms with Gasteiger partial charge in [0.05, 0.1) is 23.9 Å². The number of rotatable bonds is 20. The van der Waals surface area contributed by atoms with E-state index in [4.69, 9.17) is 5.73 Å². The number of unbranched alkanes of at least 4 members (excludes halogenated alkanes) is 2. The molecule has 0 bridgehead atoms. The van der Waals surface area contributed by atoms with Crippen LogP contribution in [-0.2, 0) is 28.8 Å². The standard InChI is InChI=1S/C22H37N3O10S.Ca/c1-3-5-9-22(21(34)35,10-6-4-2)17(20(32)33)36-12-14(18(29)24-11-16(27)28)25-15(26)8-7-13(23)19(30)31;/h13-14,17H,3-12,23H2,1-2H3,(H,24,29)(H,25,26)(H,27,28)(H,30,31)(H,32,33)(H,34,35);/q;+2/p-2. The number of carboxylic acids is 4. The molecule has 0 heterocycles. The van der Waals surface area contributed by atoms with E-state index >= 15 is 0 Å². The van der Waals surface area contributed by atoms with Gasteiger partial charge in [-0.25, -0.2) is 0 Å². The maximum absolute atomic E-state index is 12.5. The molecule has 0 aliphatic carbocycles. The number of thioether (sulfide) groups is 1. The van der Waals surface area contributed by atoms with Crippen LogP contribution < -0.4 is 26.6 Å². The molecule has 0 aromatic carbocycles. The van der Waals surface area contributed by atoms with Crippen molar-refractivity contribution >= 4 is 85.2 Å². The van der Waals surface area contributed by atoms with Crippen molar-refractivity contribution in [2.24, 2.45) is 11.1 Å². The van der Waals surface area contributed by atoms with Gasteiger partial charge < -0.3 is 46.4 Å². The third-order valence-corrected chi connectivity index (χ3v) is 7.09. The summed E-state index contributed by atoms with van der Waals surface area (Å²) in [6.45, 7) is 2.81. The zero-order valence-corrected chi connectivity index (χ0v) is 24.2. The van der Waals surface area contributed by atoms with E-state index in [0.29, 0.717) is 37.4 Å². The number of carboxylic acid groups (broad SMARTS) is 4. The molecule has 0 saturated carbocycles. The Morgan fingerprint density at radius 3 is 1.95 bits per heavy atom. The Labute approximate surface area is 249 Å². The summed E-state index contributed by atoms with van der Waals surface area (Å²) in [5, 5.41) is 44.3. The first-order valence-electron chi connectivity index (χ1n) is 11.6. The molecular formula is C22H35CaN3O10S. The quantitative estimate of drug-likeness (QED) is 0.0946. The predicted octanol–water partition coefficient (Wildman–Crippen LogP) is -2.55. The smallest absolute Gasteiger partial charge is 0.548 e. The van der Waals surface area contributed by atoms with Crippen LogP contribution in [0.5, 0.6) is 0 Å². The molecule has 0 saturated heterocycles. The number of nitrogens with one attached hydrogen (secondary N) is 2. The maximum atomic E-state index is 12.5. The Hall–Kier alpha value is -1.61. The molecule has 0 spiro atoms. The van der Waals surface area contributed by atoms with Crippen LogP contribution in [0.2, 0.25) is 0 Å². The molecule has 13 nitrogen and oxygen atoms in total. The molecule has 37 heavy (non-hydrogen) atoms. The van der Waals surface area contributed by atoms with E-state index in [1.54, 1.807) is 0 Å². The maximum Gasteiger partial charge on any atom is 2.00 e. The normalized spacial score (nSPS) is 13.4. The molecular weight excluding hydrogens is 538 g/mol. The number of hydrogen-bond acceptors (Lipinski definition) is 10. The summed E-state index contributed by atoms with van der Waals surface area (Å²) in [4.78, 5) is 70.8. The van der Waals surface area contributed by atoms with Crippen molar-refractivity contribution < 1.29 is 49.2 Å². The number of nitrogens with two attached hydrogens (primary N) is 1. The van der Waals surface area contributed by atoms with Gasteiger partial charge in [0.15, 0.2) is 0 Å². The van der Waals surface area contributed by atoms with Gasteiger partial charge >= 0.3 is 49.7 Å². The number of amides is 2. The largest absolute Gasteiger partial charge is 2.00 e. The summed E-state index contributed by atoms with van der Waals surface area (Å²) in [6.07, 6.45) is 1.68. The Balaban J connectivity index is 0. The van der Waals surface area contributed by atoms with Crippen LogP contribution in [-0.4, -0.2) is 113 Å². The third-order valence-electron chi connectivity index (χ3n) is 5.58. The summed E-state index contributed by atoms with van der Waals surface area (Å²) in [5.41, 5.74) is 3.68. The molecule has 6 N–H and O–H groups in total. The zero-order chi connectivity index (χ0) is 27.9. The minimum Gasteiger partial charge on any atom is -0.548 e. The van der Waals surface area contributed by atoms with E-state index in [1.807, 2.05) is 19.2 Å². The summed E-state index contributed by atoms with van der Waals surface area (Å²) in [5.74, 6) is -7.99. The van der Waals surface area contributed by atoms with E-state index in [1.165, 1.54) is 0 Å². The molecule has 0 rings (SSSR count). The molecule has 0 aliphatic rings. The topological polar surface area (TPSA) is 239 Å². The van der Waals surface area contributed by atoms with Gasteiger partial charge in [0, 0.05) is 18.2 Å². The molecule has 3 unspecified atom stereocenters. The minimum atomic E-state index is -1.63. The molecule has 0 aromatic rings. The number of carbonyl (C=O) groups is 6. The second-order valence-electron chi connectivity index (χ2n) is 8.39. The predicted molar refractivity (Wildman–Crippen MR) is 131 cm³/mol. The van der Waals surface area contributed by atoms with E-state index in [0.717, 1.165) is 0 Å². The summed E-state index contributed by atoms with van der Waals surface area (Å²) in [7, 11) is 0. The first kappa shape index (κ1) is 37.5. The fraction of sp³-hybridized carbons (Fsp3) is 0.727. The molecule has 0 aliphatic heterocycles. The molecule has 15 heteroatoms. The van der Waals surface area contributed by atoms with Gasteiger partial charge in [-0.1, -0.05) is 39.5 Å². The van der Waals surface area contributed by atoms with E-state index in [9.17, 15) is 49.2 Å². The first-order valence-corrected chi connectivity index (χ1v) is 12.7. The van der Waals surface area contributed by atoms with E-state index in [-0.39, 0.29) is 62.8 Å². The van der Waals surface area contributed by atoms with Gasteiger partial charge in [0.2, 0.25) is 11.8 Å². The monoisotopic (exact) mass is 573 g/mol. The molecule has 2 amide bonds. The SMILES string of the molecule is CCCCC(CCCC)(C(=O)O)C(SCC(NC(=O)CCC(N)C(=O)[O-])C(=O)NCC(=O)[O-])C(=O)O.[Ca+2]. The van der Waals surface area contributed by atoms with Crippen molar-refractivity contribution in [3.63, 3.8) is 0 Å². The van der Waals surface area contributed by atoms with Gasteiger partial charge in [-0.15, -0.1) is 11.8 Å². The van der Waals surface area contributed by atoms with Crippen molar-refractivity contribution in [3.05, 3.63) is 0 Å². The van der Waals surface area contributed by atoms with Crippen LogP contribution in [0.4, 0.5) is 0 Å². The molecule has 206 valence electrons. The van der Waals surface area contributed by atoms with Crippen molar-refractivity contribution in [1.82, 2.24) is 10.6 Å². The Morgan fingerprint density at radius 1 is 1.00 bits per heavy atom. The van der Waals surface area contributed by atoms with Crippen molar-refractivity contribution in [2.45, 2.75) is 82.5 Å². The van der Waals surface area contributed by atoms with E-state index in [2.05, 4.69) is 5.32 Å². The summed E-state index contributed by atoms with van der Waals surface area (Å²) >= 11 is 0.660. The van der Waals surface area contributed by atoms with Gasteiger partial charge in [0.1, 0.15) is 11.3 Å². The van der Waals surface area contributed by atoms with Gasteiger partial charge in [-0.3, -0.25) is 19.2 Å². The number of carbonyl (C=O) groups excluding carboxylic acids is 4. The summed E-state index contributed by atoms with van der Waals surface area (Å²) < 4.78 is 0. The Kier molecular flexibility index (Phi) is 19.7. The molecule has 3 atom stereocenters. The number of aliphatic carboxylic acids is 4. The number of hydrogen-bond donors (Lipinski definition) is 5. The van der Waals surface area contributed by atoms with Crippen LogP contribution in [0, 0.1) is 5.41 Å². The molecule has 0 aromatic heterocycles. The average molecular weight is 574 g/mol. The fourth-order valence-electron chi connectivity index (χ4n) is 3.49. The second-order valence-corrected chi connectivity index (χ2v) is 9.53. The second kappa shape index (κ2) is 19.5. The van der Waals surface area contributed by atoms with Crippen LogP contribution in [0.1, 0.15) is 65.2 Å². The van der Waals surface area contributed by atoms with Crippen LogP contribution in [0.15, 0.2) is 0 Å². The summed E-state index contributed by atoms with van der Waals surface area (Å²) in [6, 6.07) is -2.87. The molecule has 0 fully saturated rings. The minimum absolute atomic E-state index is 0. The van der Waals surface area contributed by atoms with Crippen LogP contribution in [0.3, 0.4) is 0 Å². The molecule has 0 radical (unpaired) electrons. The Morgan fingerprint density at radius 2 is 1.54 bits per heavy atom. The fourth-order valence-corrected chi connectivity index (χ4v) is 4.91.